The number of nitrogens with zero attached hydrogens (tertiary/aromatic N) is 1. The molecule has 0 aromatic heterocycles. The van der Waals surface area contributed by atoms with Gasteiger partial charge in [-0.05, 0) is 54.3 Å². The fourth-order valence-electron chi connectivity index (χ4n) is 3.10. The summed E-state index contributed by atoms with van der Waals surface area (Å²) in [5.41, 5.74) is 5.72. The third-order valence-corrected chi connectivity index (χ3v) is 4.34. The van der Waals surface area contributed by atoms with Crippen molar-refractivity contribution >= 4 is 17.1 Å². The first-order chi connectivity index (χ1) is 12.5. The second-order valence-electron chi connectivity index (χ2n) is 6.08. The Labute approximate surface area is 152 Å². The van der Waals surface area contributed by atoms with E-state index in [2.05, 4.69) is 31.3 Å². The highest BCUT2D eigenvalue weighted by Crippen LogP contribution is 2.36. The van der Waals surface area contributed by atoms with Crippen LogP contribution in [-0.4, -0.2) is 12.0 Å². The van der Waals surface area contributed by atoms with Crippen molar-refractivity contribution in [1.82, 2.24) is 0 Å². The van der Waals surface area contributed by atoms with Crippen molar-refractivity contribution in [2.75, 3.05) is 12.4 Å². The van der Waals surface area contributed by atoms with E-state index in [1.165, 1.54) is 22.8 Å². The lowest BCUT2D eigenvalue weighted by atomic mass is 9.95. The average Bonchev–Trinajstić information content (AvgIpc) is 2.63. The first-order valence-electron chi connectivity index (χ1n) is 8.26. The summed E-state index contributed by atoms with van der Waals surface area (Å²) < 4.78 is 5.53. The van der Waals surface area contributed by atoms with Crippen LogP contribution in [0.3, 0.4) is 0 Å². The highest BCUT2D eigenvalue weighted by atomic mass is 16.6. The van der Waals surface area contributed by atoms with E-state index in [1.807, 2.05) is 24.3 Å². The van der Waals surface area contributed by atoms with Gasteiger partial charge in [0.25, 0.3) is 5.69 Å². The van der Waals surface area contributed by atoms with Crippen LogP contribution in [0.5, 0.6) is 5.75 Å². The quantitative estimate of drug-likeness (QED) is 0.479. The van der Waals surface area contributed by atoms with E-state index in [0.29, 0.717) is 17.1 Å². The van der Waals surface area contributed by atoms with Gasteiger partial charge in [-0.3, -0.25) is 10.1 Å². The van der Waals surface area contributed by atoms with Crippen molar-refractivity contribution < 1.29 is 9.66 Å². The van der Waals surface area contributed by atoms with Gasteiger partial charge in [0, 0.05) is 6.07 Å². The summed E-state index contributed by atoms with van der Waals surface area (Å²) in [7, 11) is 1.59. The Balaban J connectivity index is 2.02. The zero-order valence-corrected chi connectivity index (χ0v) is 14.9. The molecule has 0 bridgehead atoms. The van der Waals surface area contributed by atoms with Gasteiger partial charge in [-0.25, -0.2) is 0 Å². The van der Waals surface area contributed by atoms with E-state index < -0.39 is 4.92 Å². The molecular weight excluding hydrogens is 328 g/mol. The van der Waals surface area contributed by atoms with E-state index in [0.717, 1.165) is 5.56 Å². The molecule has 3 aromatic rings. The standard InChI is InChI=1S/C21H20N2O3/c1-14-7-6-8-15(2)21(14)16-11-12-18(20(13-16)26-3)22-17-9-4-5-10-19(17)23(24)25/h4-13,22H,1-3H3. The monoisotopic (exact) mass is 348 g/mol. The van der Waals surface area contributed by atoms with E-state index in [4.69, 9.17) is 4.74 Å². The zero-order chi connectivity index (χ0) is 18.7. The molecular formula is C21H20N2O3. The topological polar surface area (TPSA) is 64.4 Å². The normalized spacial score (nSPS) is 10.4. The van der Waals surface area contributed by atoms with Gasteiger partial charge in [0.05, 0.1) is 17.7 Å². The largest absolute Gasteiger partial charge is 0.495 e. The van der Waals surface area contributed by atoms with Gasteiger partial charge in [0.1, 0.15) is 11.4 Å². The van der Waals surface area contributed by atoms with Crippen LogP contribution in [0.4, 0.5) is 17.1 Å². The van der Waals surface area contributed by atoms with E-state index in [1.54, 1.807) is 25.3 Å². The lowest BCUT2D eigenvalue weighted by Gasteiger charge is -2.15. The van der Waals surface area contributed by atoms with Crippen LogP contribution in [0.1, 0.15) is 11.1 Å². The van der Waals surface area contributed by atoms with Crippen LogP contribution in [0, 0.1) is 24.0 Å². The third kappa shape index (κ3) is 3.37. The van der Waals surface area contributed by atoms with Crippen LogP contribution in [-0.2, 0) is 0 Å². The molecule has 3 rings (SSSR count). The summed E-state index contributed by atoms with van der Waals surface area (Å²) in [6.07, 6.45) is 0. The van der Waals surface area contributed by atoms with Gasteiger partial charge < -0.3 is 10.1 Å². The fourth-order valence-corrected chi connectivity index (χ4v) is 3.10. The molecule has 0 fully saturated rings. The molecule has 0 unspecified atom stereocenters. The summed E-state index contributed by atoms with van der Waals surface area (Å²) in [5.74, 6) is 0.628. The maximum Gasteiger partial charge on any atom is 0.292 e. The van der Waals surface area contributed by atoms with Crippen LogP contribution < -0.4 is 10.1 Å². The molecule has 5 nitrogen and oxygen atoms in total. The number of ether oxygens (including phenoxy) is 1. The zero-order valence-electron chi connectivity index (χ0n) is 14.9. The molecule has 0 saturated carbocycles. The molecule has 0 saturated heterocycles. The number of benzene rings is 3. The molecule has 5 heteroatoms. The van der Waals surface area contributed by atoms with Gasteiger partial charge in [0.15, 0.2) is 0 Å². The molecule has 0 aliphatic heterocycles. The molecule has 0 amide bonds. The number of nitro benzene ring substituents is 1. The Hall–Kier alpha value is -3.34. The molecule has 132 valence electrons. The minimum Gasteiger partial charge on any atom is -0.495 e. The maximum atomic E-state index is 11.2. The lowest BCUT2D eigenvalue weighted by Crippen LogP contribution is -1.99. The number of nitrogens with one attached hydrogen (secondary N) is 1. The SMILES string of the molecule is COc1cc(-c2c(C)cccc2C)ccc1Nc1ccccc1[N+](=O)[O-]. The molecule has 1 N–H and O–H groups in total. The smallest absolute Gasteiger partial charge is 0.292 e. The van der Waals surface area contributed by atoms with Crippen molar-refractivity contribution in [2.45, 2.75) is 13.8 Å². The van der Waals surface area contributed by atoms with Gasteiger partial charge >= 0.3 is 0 Å². The first kappa shape index (κ1) is 17.5. The highest BCUT2D eigenvalue weighted by molar-refractivity contribution is 5.78. The molecule has 3 aromatic carbocycles. The molecule has 26 heavy (non-hydrogen) atoms. The Morgan fingerprint density at radius 1 is 0.923 bits per heavy atom. The highest BCUT2D eigenvalue weighted by Gasteiger charge is 2.15. The minimum absolute atomic E-state index is 0.0216. The van der Waals surface area contributed by atoms with Crippen LogP contribution in [0.25, 0.3) is 11.1 Å². The van der Waals surface area contributed by atoms with E-state index >= 15 is 0 Å². The number of nitro groups is 1. The van der Waals surface area contributed by atoms with Crippen molar-refractivity contribution in [3.8, 4) is 16.9 Å². The molecule has 0 aliphatic carbocycles. The second-order valence-corrected chi connectivity index (χ2v) is 6.08. The van der Waals surface area contributed by atoms with Crippen LogP contribution in [0.15, 0.2) is 60.7 Å². The van der Waals surface area contributed by atoms with Gasteiger partial charge in [0.2, 0.25) is 0 Å². The average molecular weight is 348 g/mol. The second kappa shape index (κ2) is 7.27. The van der Waals surface area contributed by atoms with Crippen molar-refractivity contribution in [1.29, 1.82) is 0 Å². The molecule has 0 radical (unpaired) electrons. The number of methoxy groups -OCH3 is 1. The Bertz CT molecular complexity index is 947. The van der Waals surface area contributed by atoms with Crippen molar-refractivity contribution in [3.05, 3.63) is 81.9 Å². The number of para-hydroxylation sites is 2. The third-order valence-electron chi connectivity index (χ3n) is 4.34. The summed E-state index contributed by atoms with van der Waals surface area (Å²) in [5, 5.41) is 14.3. The predicted octanol–water partition coefficient (Wildman–Crippen LogP) is 5.63. The first-order valence-corrected chi connectivity index (χ1v) is 8.26. The Kier molecular flexibility index (Phi) is 4.89. The number of anilines is 2. The number of hydrogen-bond acceptors (Lipinski definition) is 4. The summed E-state index contributed by atoms with van der Waals surface area (Å²) >= 11 is 0. The number of rotatable bonds is 5. The molecule has 0 aliphatic rings. The molecule has 0 atom stereocenters. The summed E-state index contributed by atoms with van der Waals surface area (Å²) in [4.78, 5) is 10.8. The number of aryl methyl sites for hydroxylation is 2. The van der Waals surface area contributed by atoms with E-state index in [9.17, 15) is 10.1 Å². The molecule has 0 spiro atoms. The summed E-state index contributed by atoms with van der Waals surface area (Å²) in [6.45, 7) is 4.16. The summed E-state index contributed by atoms with van der Waals surface area (Å²) in [6, 6.07) is 18.6. The minimum atomic E-state index is -0.403. The van der Waals surface area contributed by atoms with E-state index in [-0.39, 0.29) is 5.69 Å². The Morgan fingerprint density at radius 3 is 2.27 bits per heavy atom. The predicted molar refractivity (Wildman–Crippen MR) is 104 cm³/mol. The van der Waals surface area contributed by atoms with Crippen molar-refractivity contribution in [2.24, 2.45) is 0 Å². The van der Waals surface area contributed by atoms with Crippen LogP contribution in [0.2, 0.25) is 0 Å². The lowest BCUT2D eigenvalue weighted by molar-refractivity contribution is -0.383. The van der Waals surface area contributed by atoms with Gasteiger partial charge in [-0.2, -0.15) is 0 Å². The van der Waals surface area contributed by atoms with Crippen molar-refractivity contribution in [3.63, 3.8) is 0 Å². The maximum absolute atomic E-state index is 11.2. The van der Waals surface area contributed by atoms with Gasteiger partial charge in [-0.15, -0.1) is 0 Å². The molecule has 0 heterocycles. The van der Waals surface area contributed by atoms with Gasteiger partial charge in [-0.1, -0.05) is 36.4 Å². The Morgan fingerprint density at radius 2 is 1.62 bits per heavy atom. The van der Waals surface area contributed by atoms with Crippen LogP contribution >= 0.6 is 0 Å². The number of hydrogen-bond donors (Lipinski definition) is 1. The fraction of sp³-hybridized carbons (Fsp3) is 0.143.